The summed E-state index contributed by atoms with van der Waals surface area (Å²) < 4.78 is 14.5. The maximum Gasteiger partial charge on any atom is 0.330 e. The molecule has 38 heavy (non-hydrogen) atoms. The Balaban J connectivity index is 1.32. The van der Waals surface area contributed by atoms with Gasteiger partial charge < -0.3 is 9.47 Å². The summed E-state index contributed by atoms with van der Waals surface area (Å²) in [5, 5.41) is 0. The molecule has 0 radical (unpaired) electrons. The highest BCUT2D eigenvalue weighted by Gasteiger charge is 2.34. The van der Waals surface area contributed by atoms with E-state index in [9.17, 15) is 14.4 Å². The molecule has 0 bridgehead atoms. The van der Waals surface area contributed by atoms with Crippen LogP contribution in [0.1, 0.15) is 53.3 Å². The molecule has 0 saturated carbocycles. The summed E-state index contributed by atoms with van der Waals surface area (Å²) in [6.07, 6.45) is 4.76. The van der Waals surface area contributed by atoms with Gasteiger partial charge in [-0.3, -0.25) is 28.5 Å². The molecule has 0 atom stereocenters. The van der Waals surface area contributed by atoms with Gasteiger partial charge in [-0.15, -0.1) is 0 Å². The number of morpholine rings is 1. The molecule has 2 amide bonds. The van der Waals surface area contributed by atoms with Gasteiger partial charge in [0.25, 0.3) is 11.8 Å². The Kier molecular flexibility index (Phi) is 8.14. The average Bonchev–Trinajstić information content (AvgIpc) is 3.34. The number of carbonyl (C=O) groups excluding carboxylic acids is 2. The van der Waals surface area contributed by atoms with Crippen molar-refractivity contribution in [1.82, 2.24) is 28.9 Å². The smallest absolute Gasteiger partial charge is 0.330 e. The van der Waals surface area contributed by atoms with Crippen molar-refractivity contribution in [3.63, 3.8) is 0 Å². The molecule has 0 aliphatic carbocycles. The van der Waals surface area contributed by atoms with Gasteiger partial charge in [0.1, 0.15) is 5.52 Å². The summed E-state index contributed by atoms with van der Waals surface area (Å²) in [7, 11) is 0. The zero-order valence-electron chi connectivity index (χ0n) is 21.8. The first kappa shape index (κ1) is 26.1. The molecule has 1 aromatic carbocycles. The third kappa shape index (κ3) is 5.34. The van der Waals surface area contributed by atoms with E-state index in [-0.39, 0.29) is 30.1 Å². The molecule has 0 unspecified atom stereocenters. The predicted octanol–water partition coefficient (Wildman–Crippen LogP) is 2.18. The number of fused-ring (bicyclic) bond motifs is 2. The lowest BCUT2D eigenvalue weighted by atomic mass is 10.1. The summed E-state index contributed by atoms with van der Waals surface area (Å²) in [6.45, 7) is 7.80. The van der Waals surface area contributed by atoms with Crippen molar-refractivity contribution < 1.29 is 19.1 Å². The highest BCUT2D eigenvalue weighted by molar-refractivity contribution is 6.21. The number of aromatic nitrogens is 4. The number of rotatable bonds is 12. The largest absolute Gasteiger partial charge is 0.463 e. The molecule has 5 rings (SSSR count). The Morgan fingerprint density at radius 2 is 1.58 bits per heavy atom. The highest BCUT2D eigenvalue weighted by atomic mass is 16.5. The van der Waals surface area contributed by atoms with E-state index >= 15 is 0 Å². The van der Waals surface area contributed by atoms with Crippen molar-refractivity contribution in [2.24, 2.45) is 0 Å². The minimum Gasteiger partial charge on any atom is -0.463 e. The van der Waals surface area contributed by atoms with Crippen LogP contribution in [0.15, 0.2) is 35.3 Å². The van der Waals surface area contributed by atoms with Gasteiger partial charge in [-0.25, -0.2) is 9.78 Å². The number of hydrogen-bond acceptors (Lipinski definition) is 8. The average molecular weight is 523 g/mol. The maximum absolute atomic E-state index is 13.5. The van der Waals surface area contributed by atoms with Crippen LogP contribution in [0.3, 0.4) is 0 Å². The lowest BCUT2D eigenvalue weighted by Crippen LogP contribution is -2.37. The van der Waals surface area contributed by atoms with Crippen LogP contribution < -0.4 is 10.4 Å². The quantitative estimate of drug-likeness (QED) is 0.263. The number of hydrogen-bond donors (Lipinski definition) is 0. The van der Waals surface area contributed by atoms with Gasteiger partial charge >= 0.3 is 11.7 Å². The predicted molar refractivity (Wildman–Crippen MR) is 140 cm³/mol. The summed E-state index contributed by atoms with van der Waals surface area (Å²) in [6, 6.07) is 7.10. The third-order valence-electron chi connectivity index (χ3n) is 7.07. The molecule has 1 saturated heterocycles. The fraction of sp³-hybridized carbons (Fsp3) is 0.519. The van der Waals surface area contributed by atoms with Crippen LogP contribution in [0.25, 0.3) is 11.2 Å². The van der Waals surface area contributed by atoms with Gasteiger partial charge in [0.15, 0.2) is 5.65 Å². The molecule has 202 valence electrons. The second-order valence-corrected chi connectivity index (χ2v) is 9.62. The van der Waals surface area contributed by atoms with E-state index in [0.29, 0.717) is 48.4 Å². The van der Waals surface area contributed by atoms with Crippen molar-refractivity contribution in [2.45, 2.75) is 45.7 Å². The van der Waals surface area contributed by atoms with Crippen LogP contribution in [0, 0.1) is 0 Å². The number of benzene rings is 1. The maximum atomic E-state index is 13.5. The topological polar surface area (TPSA) is 112 Å². The number of aryl methyl sites for hydroxylation is 2. The van der Waals surface area contributed by atoms with Crippen molar-refractivity contribution in [1.29, 1.82) is 0 Å². The van der Waals surface area contributed by atoms with E-state index in [4.69, 9.17) is 9.47 Å². The molecule has 0 N–H and O–H groups in total. The number of unbranched alkanes of at least 4 members (excludes halogenated alkanes) is 1. The molecule has 0 spiro atoms. The first-order valence-electron chi connectivity index (χ1n) is 13.4. The molecule has 4 heterocycles. The minimum atomic E-state index is -0.291. The van der Waals surface area contributed by atoms with Gasteiger partial charge in [-0.05, 0) is 31.4 Å². The van der Waals surface area contributed by atoms with Crippen LogP contribution in [0.2, 0.25) is 0 Å². The Morgan fingerprint density at radius 1 is 0.895 bits per heavy atom. The van der Waals surface area contributed by atoms with Crippen LogP contribution in [0.4, 0.5) is 0 Å². The van der Waals surface area contributed by atoms with E-state index < -0.39 is 0 Å². The lowest BCUT2D eigenvalue weighted by molar-refractivity contribution is 0.0369. The van der Waals surface area contributed by atoms with Gasteiger partial charge in [-0.2, -0.15) is 4.98 Å². The SMILES string of the molecule is CCCCOc1ncc2c(n1)n(CCCN1CCOCC1)c(=O)n2CCCN1C(=O)c2ccccc2C1=O. The van der Waals surface area contributed by atoms with Crippen molar-refractivity contribution in [3.05, 3.63) is 52.1 Å². The molecule has 2 aliphatic heterocycles. The van der Waals surface area contributed by atoms with Crippen molar-refractivity contribution >= 4 is 23.0 Å². The van der Waals surface area contributed by atoms with Gasteiger partial charge in [0.05, 0.1) is 37.1 Å². The molecular formula is C27H34N6O5. The van der Waals surface area contributed by atoms with E-state index in [0.717, 1.165) is 52.1 Å². The molecule has 11 heteroatoms. The number of ether oxygens (including phenoxy) is 2. The zero-order chi connectivity index (χ0) is 26.5. The van der Waals surface area contributed by atoms with Gasteiger partial charge in [0.2, 0.25) is 0 Å². The van der Waals surface area contributed by atoms with Gasteiger partial charge in [-0.1, -0.05) is 25.5 Å². The first-order valence-corrected chi connectivity index (χ1v) is 13.4. The molecular weight excluding hydrogens is 488 g/mol. The fourth-order valence-electron chi connectivity index (χ4n) is 4.98. The summed E-state index contributed by atoms with van der Waals surface area (Å²) in [5.74, 6) is -0.582. The monoisotopic (exact) mass is 522 g/mol. The number of imidazole rings is 1. The minimum absolute atomic E-state index is 0.177. The molecule has 3 aromatic rings. The normalized spacial score (nSPS) is 16.0. The first-order chi connectivity index (χ1) is 18.6. The summed E-state index contributed by atoms with van der Waals surface area (Å²) in [5.41, 5.74) is 1.83. The van der Waals surface area contributed by atoms with Crippen LogP contribution in [0.5, 0.6) is 6.01 Å². The van der Waals surface area contributed by atoms with E-state index in [1.54, 1.807) is 39.6 Å². The standard InChI is InChI=1S/C27H34N6O5/c1-2-3-16-38-26-28-19-22-23(29-26)32(12-6-10-30-14-17-37-18-15-30)27(36)31(22)11-7-13-33-24(34)20-8-4-5-9-21(20)25(33)35/h4-5,8-9,19H,2-3,6-7,10-18H2,1H3. The lowest BCUT2D eigenvalue weighted by Gasteiger charge is -2.26. The zero-order valence-corrected chi connectivity index (χ0v) is 21.8. The van der Waals surface area contributed by atoms with Crippen LogP contribution in [-0.4, -0.2) is 86.7 Å². The van der Waals surface area contributed by atoms with Crippen molar-refractivity contribution in [2.75, 3.05) is 46.0 Å². The Labute approximate surface area is 221 Å². The molecule has 2 aromatic heterocycles. The second kappa shape index (κ2) is 11.9. The molecule has 2 aliphatic rings. The summed E-state index contributed by atoms with van der Waals surface area (Å²) >= 11 is 0. The molecule has 11 nitrogen and oxygen atoms in total. The van der Waals surface area contributed by atoms with Crippen LogP contribution >= 0.6 is 0 Å². The fourth-order valence-corrected chi connectivity index (χ4v) is 4.98. The number of imide groups is 1. The third-order valence-corrected chi connectivity index (χ3v) is 7.07. The van der Waals surface area contributed by atoms with Crippen molar-refractivity contribution in [3.8, 4) is 6.01 Å². The van der Waals surface area contributed by atoms with E-state index in [1.807, 2.05) is 0 Å². The number of carbonyl (C=O) groups is 2. The Bertz CT molecular complexity index is 1320. The van der Waals surface area contributed by atoms with E-state index in [2.05, 4.69) is 21.8 Å². The van der Waals surface area contributed by atoms with E-state index in [1.165, 1.54) is 4.90 Å². The number of amides is 2. The second-order valence-electron chi connectivity index (χ2n) is 9.62. The van der Waals surface area contributed by atoms with Gasteiger partial charge in [0, 0.05) is 39.3 Å². The Hall–Kier alpha value is -3.57. The number of nitrogens with zero attached hydrogens (tertiary/aromatic N) is 6. The van der Waals surface area contributed by atoms with Crippen LogP contribution in [-0.2, 0) is 17.8 Å². The Morgan fingerprint density at radius 3 is 2.29 bits per heavy atom. The summed E-state index contributed by atoms with van der Waals surface area (Å²) in [4.78, 5) is 51.5. The molecule has 1 fully saturated rings. The highest BCUT2D eigenvalue weighted by Crippen LogP contribution is 2.23.